The fraction of sp³-hybridized carbons (Fsp3) is 0.353. The van der Waals surface area contributed by atoms with Crippen molar-refractivity contribution in [2.45, 2.75) is 24.9 Å². The lowest BCUT2D eigenvalue weighted by atomic mass is 9.91. The smallest absolute Gasteiger partial charge is 0.291 e. The number of likely N-dealkylation sites (tertiary alicyclic amines) is 1. The van der Waals surface area contributed by atoms with Crippen LogP contribution in [-0.2, 0) is 0 Å². The summed E-state index contributed by atoms with van der Waals surface area (Å²) in [6.07, 6.45) is 6.73. The second-order valence-electron chi connectivity index (χ2n) is 6.23. The third-order valence-corrected chi connectivity index (χ3v) is 4.62. The molecule has 1 aromatic carbocycles. The molecule has 2 aliphatic rings. The number of aromatic nitrogens is 3. The van der Waals surface area contributed by atoms with Crippen LogP contribution in [0, 0.1) is 0 Å². The van der Waals surface area contributed by atoms with E-state index in [0.717, 1.165) is 30.6 Å². The van der Waals surface area contributed by atoms with Gasteiger partial charge in [0, 0.05) is 25.1 Å². The number of carbonyl (C=O) groups excluding carboxylic acids is 1. The molecule has 1 fully saturated rings. The number of fused-ring (bicyclic) bond motifs is 1. The van der Waals surface area contributed by atoms with Gasteiger partial charge in [-0.2, -0.15) is 4.98 Å². The van der Waals surface area contributed by atoms with E-state index in [2.05, 4.69) is 27.3 Å². The Bertz CT molecular complexity index is 800. The Morgan fingerprint density at radius 3 is 3.00 bits per heavy atom. The van der Waals surface area contributed by atoms with Crippen molar-refractivity contribution in [3.05, 3.63) is 41.7 Å². The van der Waals surface area contributed by atoms with Gasteiger partial charge in [0.15, 0.2) is 0 Å². The number of carbonyl (C=O) groups is 1. The summed E-state index contributed by atoms with van der Waals surface area (Å²) in [5, 5.41) is 6.31. The van der Waals surface area contributed by atoms with Gasteiger partial charge < -0.3 is 15.4 Å². The molecule has 0 radical (unpaired) electrons. The number of H-pyrrole nitrogens is 1. The molecule has 7 nitrogen and oxygen atoms in total. The summed E-state index contributed by atoms with van der Waals surface area (Å²) in [6.45, 7) is 1.27. The van der Waals surface area contributed by atoms with Crippen LogP contribution in [0.1, 0.15) is 35.4 Å². The SMILES string of the molecule is Nc1n[nH]c(C(=O)N2CCC[C@]3(C=Cc4ccccc4O3)CC2)n1. The zero-order chi connectivity index (χ0) is 16.6. The number of hydrogen-bond donors (Lipinski definition) is 2. The molecule has 1 aromatic heterocycles. The van der Waals surface area contributed by atoms with Crippen LogP contribution in [0.3, 0.4) is 0 Å². The van der Waals surface area contributed by atoms with Crippen molar-refractivity contribution in [3.8, 4) is 5.75 Å². The number of ether oxygens (including phenoxy) is 1. The van der Waals surface area contributed by atoms with Gasteiger partial charge in [0.25, 0.3) is 5.91 Å². The summed E-state index contributed by atoms with van der Waals surface area (Å²) < 4.78 is 6.30. The summed E-state index contributed by atoms with van der Waals surface area (Å²) in [7, 11) is 0. The van der Waals surface area contributed by atoms with Crippen LogP contribution in [0.5, 0.6) is 5.75 Å². The number of nitrogens with zero attached hydrogens (tertiary/aromatic N) is 3. The van der Waals surface area contributed by atoms with Crippen molar-refractivity contribution in [3.63, 3.8) is 0 Å². The first-order chi connectivity index (χ1) is 11.7. The molecule has 1 spiro atoms. The van der Waals surface area contributed by atoms with Gasteiger partial charge >= 0.3 is 0 Å². The first-order valence-corrected chi connectivity index (χ1v) is 8.10. The highest BCUT2D eigenvalue weighted by Gasteiger charge is 2.36. The Labute approximate surface area is 139 Å². The summed E-state index contributed by atoms with van der Waals surface area (Å²) in [5.74, 6) is 1.01. The van der Waals surface area contributed by atoms with Gasteiger partial charge in [0.05, 0.1) is 0 Å². The molecule has 2 aromatic rings. The molecule has 0 unspecified atom stereocenters. The summed E-state index contributed by atoms with van der Waals surface area (Å²) in [5.41, 5.74) is 6.23. The van der Waals surface area contributed by atoms with Crippen molar-refractivity contribution in [2.24, 2.45) is 0 Å². The second-order valence-corrected chi connectivity index (χ2v) is 6.23. The summed E-state index contributed by atoms with van der Waals surface area (Å²) in [6, 6.07) is 8.01. The monoisotopic (exact) mass is 325 g/mol. The van der Waals surface area contributed by atoms with Crippen molar-refractivity contribution in [2.75, 3.05) is 18.8 Å². The van der Waals surface area contributed by atoms with E-state index in [-0.39, 0.29) is 23.3 Å². The third kappa shape index (κ3) is 2.62. The lowest BCUT2D eigenvalue weighted by molar-refractivity contribution is 0.0719. The van der Waals surface area contributed by atoms with Crippen molar-refractivity contribution in [1.29, 1.82) is 0 Å². The van der Waals surface area contributed by atoms with E-state index >= 15 is 0 Å². The van der Waals surface area contributed by atoms with Crippen LogP contribution in [0.15, 0.2) is 30.3 Å². The number of rotatable bonds is 1. The molecule has 0 aliphatic carbocycles. The average Bonchev–Trinajstić information content (AvgIpc) is 2.93. The average molecular weight is 325 g/mol. The fourth-order valence-corrected chi connectivity index (χ4v) is 3.33. The minimum Gasteiger partial charge on any atom is -0.483 e. The van der Waals surface area contributed by atoms with Gasteiger partial charge in [0.2, 0.25) is 11.8 Å². The quantitative estimate of drug-likeness (QED) is 0.834. The number of benzene rings is 1. The van der Waals surface area contributed by atoms with Crippen molar-refractivity contribution in [1.82, 2.24) is 20.1 Å². The van der Waals surface area contributed by atoms with Gasteiger partial charge in [-0.05, 0) is 25.0 Å². The van der Waals surface area contributed by atoms with Gasteiger partial charge in [-0.1, -0.05) is 24.3 Å². The molecule has 4 rings (SSSR count). The molecule has 24 heavy (non-hydrogen) atoms. The van der Waals surface area contributed by atoms with E-state index in [1.54, 1.807) is 4.90 Å². The molecule has 2 aliphatic heterocycles. The minimum atomic E-state index is -0.343. The molecular weight excluding hydrogens is 306 g/mol. The number of nitrogen functional groups attached to an aromatic ring is 1. The van der Waals surface area contributed by atoms with E-state index in [1.165, 1.54) is 0 Å². The van der Waals surface area contributed by atoms with Crippen LogP contribution in [0.2, 0.25) is 0 Å². The lowest BCUT2D eigenvalue weighted by Gasteiger charge is -2.34. The summed E-state index contributed by atoms with van der Waals surface area (Å²) in [4.78, 5) is 18.2. The molecule has 124 valence electrons. The fourth-order valence-electron chi connectivity index (χ4n) is 3.33. The number of aromatic amines is 1. The van der Waals surface area contributed by atoms with E-state index in [9.17, 15) is 4.79 Å². The maximum Gasteiger partial charge on any atom is 0.291 e. The number of hydrogen-bond acceptors (Lipinski definition) is 5. The predicted octanol–water partition coefficient (Wildman–Crippen LogP) is 1.86. The molecule has 3 N–H and O–H groups in total. The Balaban J connectivity index is 1.50. The molecule has 1 atom stereocenters. The molecule has 0 bridgehead atoms. The van der Waals surface area contributed by atoms with Crippen LogP contribution in [0.4, 0.5) is 5.95 Å². The Hall–Kier alpha value is -2.83. The molecule has 1 saturated heterocycles. The van der Waals surface area contributed by atoms with Crippen LogP contribution in [0.25, 0.3) is 6.08 Å². The predicted molar refractivity (Wildman–Crippen MR) is 89.4 cm³/mol. The normalized spacial score (nSPS) is 22.8. The molecule has 7 heteroatoms. The number of para-hydroxylation sites is 1. The zero-order valence-electron chi connectivity index (χ0n) is 13.2. The van der Waals surface area contributed by atoms with Gasteiger partial charge in [-0.25, -0.2) is 0 Å². The van der Waals surface area contributed by atoms with Gasteiger partial charge in [-0.15, -0.1) is 5.10 Å². The van der Waals surface area contributed by atoms with Crippen LogP contribution >= 0.6 is 0 Å². The number of amides is 1. The standard InChI is InChI=1S/C17H19N5O2/c18-16-19-14(20-21-16)15(23)22-10-3-7-17(9-11-22)8-6-12-4-1-2-5-13(12)24-17/h1-2,4-6,8H,3,7,9-11H2,(H3,18,19,20,21)/t17-/m0/s1. The number of nitrogens with one attached hydrogen (secondary N) is 1. The van der Waals surface area contributed by atoms with Crippen molar-refractivity contribution >= 4 is 17.9 Å². The molecular formula is C17H19N5O2. The molecule has 0 saturated carbocycles. The third-order valence-electron chi connectivity index (χ3n) is 4.62. The lowest BCUT2D eigenvalue weighted by Crippen LogP contribution is -2.38. The van der Waals surface area contributed by atoms with E-state index in [0.29, 0.717) is 13.1 Å². The zero-order valence-corrected chi connectivity index (χ0v) is 13.2. The largest absolute Gasteiger partial charge is 0.483 e. The van der Waals surface area contributed by atoms with Crippen LogP contribution in [-0.4, -0.2) is 44.7 Å². The van der Waals surface area contributed by atoms with E-state index in [4.69, 9.17) is 10.5 Å². The Morgan fingerprint density at radius 1 is 1.29 bits per heavy atom. The van der Waals surface area contributed by atoms with Crippen LogP contribution < -0.4 is 10.5 Å². The first-order valence-electron chi connectivity index (χ1n) is 8.10. The van der Waals surface area contributed by atoms with Gasteiger partial charge in [-0.3, -0.25) is 9.89 Å². The van der Waals surface area contributed by atoms with Crippen molar-refractivity contribution < 1.29 is 9.53 Å². The highest BCUT2D eigenvalue weighted by atomic mass is 16.5. The van der Waals surface area contributed by atoms with Gasteiger partial charge in [0.1, 0.15) is 11.4 Å². The first kappa shape index (κ1) is 14.7. The Kier molecular flexibility index (Phi) is 3.48. The maximum absolute atomic E-state index is 12.5. The Morgan fingerprint density at radius 2 is 2.17 bits per heavy atom. The minimum absolute atomic E-state index is 0.0831. The van der Waals surface area contributed by atoms with E-state index in [1.807, 2.05) is 24.3 Å². The topological polar surface area (TPSA) is 97.1 Å². The molecule has 3 heterocycles. The van der Waals surface area contributed by atoms with E-state index < -0.39 is 0 Å². The number of anilines is 1. The maximum atomic E-state index is 12.5. The second kappa shape index (κ2) is 5.67. The molecule has 1 amide bonds. The highest BCUT2D eigenvalue weighted by Crippen LogP contribution is 2.36. The number of nitrogens with two attached hydrogens (primary N) is 1. The highest BCUT2D eigenvalue weighted by molar-refractivity contribution is 5.90. The summed E-state index contributed by atoms with van der Waals surface area (Å²) >= 11 is 0.